The highest BCUT2D eigenvalue weighted by Crippen LogP contribution is 2.72. The molecule has 0 bridgehead atoms. The van der Waals surface area contributed by atoms with E-state index >= 15 is 0 Å². The maximum absolute atomic E-state index is 12.9. The average Bonchev–Trinajstić information content (AvgIpc) is 3.05. The number of carboxylic acid groups (broad SMARTS) is 1. The summed E-state index contributed by atoms with van der Waals surface area (Å²) in [6.07, 6.45) is 6.89. The molecule has 4 rings (SSSR count). The minimum atomic E-state index is -0.884. The fourth-order valence-electron chi connectivity index (χ4n) is 9.57. The van der Waals surface area contributed by atoms with E-state index in [-0.39, 0.29) is 34.7 Å². The quantitative estimate of drug-likeness (QED) is 0.240. The number of fused-ring (bicyclic) bond motifs is 4. The molecule has 0 aromatic rings. The Bertz CT molecular complexity index is 1080. The van der Waals surface area contributed by atoms with Crippen molar-refractivity contribution in [3.63, 3.8) is 0 Å². The van der Waals surface area contributed by atoms with Crippen molar-refractivity contribution >= 4 is 17.7 Å². The summed E-state index contributed by atoms with van der Waals surface area (Å²) < 4.78 is 6.10. The van der Waals surface area contributed by atoms with Gasteiger partial charge in [0, 0.05) is 29.7 Å². The summed E-state index contributed by atoms with van der Waals surface area (Å²) in [7, 11) is 0. The van der Waals surface area contributed by atoms with Gasteiger partial charge in [0.05, 0.1) is 6.10 Å². The zero-order valence-corrected chi connectivity index (χ0v) is 24.6. The van der Waals surface area contributed by atoms with Crippen LogP contribution >= 0.6 is 0 Å². The Morgan fingerprint density at radius 3 is 2.34 bits per heavy atom. The summed E-state index contributed by atoms with van der Waals surface area (Å²) in [6.45, 7) is 16.3. The van der Waals surface area contributed by atoms with Crippen LogP contribution < -0.4 is 0 Å². The Morgan fingerprint density at radius 2 is 1.74 bits per heavy atom. The predicted octanol–water partition coefficient (Wildman–Crippen LogP) is 6.26. The molecule has 1 unspecified atom stereocenters. The van der Waals surface area contributed by atoms with Gasteiger partial charge in [-0.15, -0.1) is 0 Å². The van der Waals surface area contributed by atoms with Crippen molar-refractivity contribution in [1.82, 2.24) is 0 Å². The van der Waals surface area contributed by atoms with Crippen LogP contribution in [0.15, 0.2) is 22.8 Å². The molecule has 0 aromatic carbocycles. The maximum atomic E-state index is 12.9. The molecule has 0 radical (unpaired) electrons. The van der Waals surface area contributed by atoms with E-state index in [2.05, 4.69) is 41.5 Å². The number of esters is 1. The van der Waals surface area contributed by atoms with Crippen molar-refractivity contribution in [2.45, 2.75) is 119 Å². The lowest BCUT2D eigenvalue weighted by molar-refractivity contribution is -0.155. The van der Waals surface area contributed by atoms with Gasteiger partial charge in [0.15, 0.2) is 0 Å². The molecular weight excluding hydrogens is 480 g/mol. The van der Waals surface area contributed by atoms with Crippen molar-refractivity contribution in [3.05, 3.63) is 22.8 Å². The van der Waals surface area contributed by atoms with Crippen molar-refractivity contribution in [3.8, 4) is 0 Å². The standard InChI is InChI=1S/C32H48O6/c1-18(10-9-11-19(2)28(36)37)22-16-26(38-20(3)33)32(8)27-21(12-15-31(22,32)7)30(6)14-13-25(35)29(4,5)24(30)17-23(27)34/h11,18,22-24,26,34H,9-10,12-17H2,1-8H3,(H,36,37)/b19-11+/t18-,22-,23-,24?,26+,30-,31-,32+/m1/s1. The van der Waals surface area contributed by atoms with Gasteiger partial charge in [-0.25, -0.2) is 4.79 Å². The molecule has 0 spiro atoms. The molecule has 0 aromatic heterocycles. The fraction of sp³-hybridized carbons (Fsp3) is 0.781. The highest BCUT2D eigenvalue weighted by Gasteiger charge is 2.69. The molecule has 212 valence electrons. The molecule has 8 atom stereocenters. The first-order valence-corrected chi connectivity index (χ1v) is 14.5. The number of Topliss-reactive ketones (excluding diaryl/α,β-unsaturated/α-hetero) is 1. The van der Waals surface area contributed by atoms with Gasteiger partial charge in [0.1, 0.15) is 11.9 Å². The molecule has 0 amide bonds. The van der Waals surface area contributed by atoms with Crippen molar-refractivity contribution in [1.29, 1.82) is 0 Å². The molecule has 0 aliphatic heterocycles. The minimum absolute atomic E-state index is 0.0884. The smallest absolute Gasteiger partial charge is 0.330 e. The molecule has 6 nitrogen and oxygen atoms in total. The highest BCUT2D eigenvalue weighted by atomic mass is 16.5. The number of hydrogen-bond acceptors (Lipinski definition) is 5. The third-order valence-electron chi connectivity index (χ3n) is 12.0. The first kappa shape index (κ1) is 29.0. The van der Waals surface area contributed by atoms with Crippen LogP contribution in [-0.4, -0.2) is 40.1 Å². The molecule has 4 aliphatic carbocycles. The lowest BCUT2D eigenvalue weighted by Crippen LogP contribution is -2.58. The zero-order chi connectivity index (χ0) is 28.4. The first-order valence-electron chi connectivity index (χ1n) is 14.5. The summed E-state index contributed by atoms with van der Waals surface area (Å²) >= 11 is 0. The largest absolute Gasteiger partial charge is 0.478 e. The van der Waals surface area contributed by atoms with Crippen LogP contribution in [-0.2, 0) is 19.1 Å². The SMILES string of the molecule is CC(=O)O[C@H]1C[C@H]([C@H](C)CC/C=C(\C)C(=O)O)[C@@]2(C)CCC3=C([C@H](O)CC4C(C)(C)C(=O)CC[C@]34C)[C@]12C. The van der Waals surface area contributed by atoms with Gasteiger partial charge in [0.2, 0.25) is 0 Å². The van der Waals surface area contributed by atoms with E-state index in [4.69, 9.17) is 4.74 Å². The second kappa shape index (κ2) is 9.60. The van der Waals surface area contributed by atoms with Crippen LogP contribution in [0.5, 0.6) is 0 Å². The van der Waals surface area contributed by atoms with E-state index < -0.39 is 22.9 Å². The van der Waals surface area contributed by atoms with Gasteiger partial charge in [-0.1, -0.05) is 53.2 Å². The van der Waals surface area contributed by atoms with Crippen LogP contribution in [0.2, 0.25) is 0 Å². The van der Waals surface area contributed by atoms with E-state index in [1.54, 1.807) is 13.0 Å². The third-order valence-corrected chi connectivity index (χ3v) is 12.0. The Hall–Kier alpha value is -1.95. The number of carbonyl (C=O) groups is 3. The number of hydrogen-bond donors (Lipinski definition) is 2. The van der Waals surface area contributed by atoms with Gasteiger partial charge >= 0.3 is 11.9 Å². The normalized spacial score (nSPS) is 41.2. The Labute approximate surface area is 228 Å². The van der Waals surface area contributed by atoms with E-state index in [0.717, 1.165) is 37.7 Å². The van der Waals surface area contributed by atoms with Gasteiger partial charge in [-0.2, -0.15) is 0 Å². The van der Waals surface area contributed by atoms with E-state index in [1.807, 2.05) is 0 Å². The molecule has 2 fully saturated rings. The van der Waals surface area contributed by atoms with E-state index in [9.17, 15) is 24.6 Å². The summed E-state index contributed by atoms with van der Waals surface area (Å²) in [5.74, 6) is -0.223. The number of rotatable bonds is 6. The Kier molecular flexibility index (Phi) is 7.34. The highest BCUT2D eigenvalue weighted by molar-refractivity contribution is 5.86. The average molecular weight is 529 g/mol. The van der Waals surface area contributed by atoms with Crippen molar-refractivity contribution < 1.29 is 29.3 Å². The number of ketones is 1. The third kappa shape index (κ3) is 4.12. The van der Waals surface area contributed by atoms with Crippen molar-refractivity contribution in [2.75, 3.05) is 0 Å². The number of carboxylic acids is 1. The number of aliphatic hydroxyl groups is 1. The molecule has 2 N–H and O–H groups in total. The molecule has 2 saturated carbocycles. The second-order valence-corrected chi connectivity index (χ2v) is 14.1. The minimum Gasteiger partial charge on any atom is -0.478 e. The molecule has 6 heteroatoms. The summed E-state index contributed by atoms with van der Waals surface area (Å²) in [4.78, 5) is 36.5. The predicted molar refractivity (Wildman–Crippen MR) is 146 cm³/mol. The second-order valence-electron chi connectivity index (χ2n) is 14.1. The van der Waals surface area contributed by atoms with Crippen LogP contribution in [0.1, 0.15) is 107 Å². The van der Waals surface area contributed by atoms with Gasteiger partial charge < -0.3 is 14.9 Å². The van der Waals surface area contributed by atoms with Crippen LogP contribution in [0.3, 0.4) is 0 Å². The van der Waals surface area contributed by atoms with Gasteiger partial charge in [-0.3, -0.25) is 9.59 Å². The number of carbonyl (C=O) groups excluding carboxylic acids is 2. The Morgan fingerprint density at radius 1 is 1.08 bits per heavy atom. The first-order chi connectivity index (χ1) is 17.5. The molecule has 0 saturated heterocycles. The lowest BCUT2D eigenvalue weighted by Gasteiger charge is -2.62. The van der Waals surface area contributed by atoms with Crippen LogP contribution in [0.4, 0.5) is 0 Å². The molecule has 38 heavy (non-hydrogen) atoms. The molecule has 0 heterocycles. The van der Waals surface area contributed by atoms with Gasteiger partial charge in [0.25, 0.3) is 0 Å². The molecule has 4 aliphatic rings. The van der Waals surface area contributed by atoms with Crippen LogP contribution in [0, 0.1) is 39.4 Å². The number of ether oxygens (including phenoxy) is 1. The number of allylic oxidation sites excluding steroid dienone is 2. The van der Waals surface area contributed by atoms with E-state index in [0.29, 0.717) is 36.5 Å². The van der Waals surface area contributed by atoms with Crippen molar-refractivity contribution in [2.24, 2.45) is 39.4 Å². The number of aliphatic hydroxyl groups excluding tert-OH is 1. The monoisotopic (exact) mass is 528 g/mol. The molecular formula is C32H48O6. The maximum Gasteiger partial charge on any atom is 0.330 e. The summed E-state index contributed by atoms with van der Waals surface area (Å²) in [6, 6.07) is 0. The lowest BCUT2D eigenvalue weighted by atomic mass is 9.42. The number of aliphatic carboxylic acids is 1. The van der Waals surface area contributed by atoms with Gasteiger partial charge in [-0.05, 0) is 86.0 Å². The Balaban J connectivity index is 1.77. The fourth-order valence-corrected chi connectivity index (χ4v) is 9.57. The zero-order valence-electron chi connectivity index (χ0n) is 24.6. The summed E-state index contributed by atoms with van der Waals surface area (Å²) in [5.41, 5.74) is 1.45. The topological polar surface area (TPSA) is 101 Å². The van der Waals surface area contributed by atoms with E-state index in [1.165, 1.54) is 12.5 Å². The van der Waals surface area contributed by atoms with Crippen LogP contribution in [0.25, 0.3) is 0 Å². The summed E-state index contributed by atoms with van der Waals surface area (Å²) in [5, 5.41) is 21.1.